The average molecular weight is 613 g/mol. The number of guanidine groups is 1. The summed E-state index contributed by atoms with van der Waals surface area (Å²) in [5, 5.41) is 19.0. The molecule has 0 aromatic heterocycles. The number of esters is 1. The number of amides is 5. The van der Waals surface area contributed by atoms with Crippen molar-refractivity contribution in [3.8, 4) is 0 Å². The summed E-state index contributed by atoms with van der Waals surface area (Å²) in [5.74, 6) is -4.77. The Morgan fingerprint density at radius 2 is 1.70 bits per heavy atom. The fraction of sp³-hybridized carbons (Fsp3) is 0.615. The Bertz CT molecular complexity index is 1060. The highest BCUT2D eigenvalue weighted by atomic mass is 16.5. The number of carbonyl (C=O) groups excluding carboxylic acids is 6. The van der Waals surface area contributed by atoms with Gasteiger partial charge in [-0.25, -0.2) is 9.59 Å². The van der Waals surface area contributed by atoms with Gasteiger partial charge in [0.15, 0.2) is 5.96 Å². The Hall–Kier alpha value is -4.70. The molecule has 0 saturated carbocycles. The summed E-state index contributed by atoms with van der Waals surface area (Å²) in [6.07, 6.45) is 2.65. The molecular weight excluding hydrogens is 568 g/mol. The lowest BCUT2D eigenvalue weighted by molar-refractivity contribution is -0.152. The average Bonchev–Trinajstić information content (AvgIpc) is 3.43. The molecule has 2 rings (SSSR count). The third-order valence-electron chi connectivity index (χ3n) is 6.01. The number of rotatable bonds is 7. The molecule has 0 radical (unpaired) electrons. The van der Waals surface area contributed by atoms with E-state index in [2.05, 4.69) is 37.6 Å². The molecule has 0 aliphatic carbocycles. The van der Waals surface area contributed by atoms with Gasteiger partial charge in [-0.3, -0.25) is 29.0 Å². The highest BCUT2D eigenvalue weighted by molar-refractivity contribution is 6.06. The zero-order chi connectivity index (χ0) is 33.3. The van der Waals surface area contributed by atoms with E-state index in [4.69, 9.17) is 11.5 Å². The minimum atomic E-state index is -1.82. The molecule has 242 valence electrons. The van der Waals surface area contributed by atoms with E-state index < -0.39 is 65.8 Å². The summed E-state index contributed by atoms with van der Waals surface area (Å²) >= 11 is 0. The van der Waals surface area contributed by atoms with Crippen LogP contribution in [0.15, 0.2) is 17.6 Å². The maximum Gasteiger partial charge on any atom is 0.336 e. The zero-order valence-corrected chi connectivity index (χ0v) is 25.2. The number of hydrogen-bond donors (Lipinski definition) is 7. The number of methoxy groups -OCH3 is 1. The molecule has 2 aliphatic heterocycles. The number of aliphatic carboxylic acids is 1. The molecule has 0 aromatic rings. The Morgan fingerprint density at radius 3 is 2.14 bits per heavy atom. The van der Waals surface area contributed by atoms with Gasteiger partial charge in [-0.2, -0.15) is 0 Å². The first-order valence-electron chi connectivity index (χ1n) is 13.6. The van der Waals surface area contributed by atoms with E-state index in [9.17, 15) is 38.7 Å². The summed E-state index contributed by atoms with van der Waals surface area (Å²) in [7, 11) is 1.28. The lowest BCUT2D eigenvalue weighted by Gasteiger charge is -2.30. The second-order valence-corrected chi connectivity index (χ2v) is 9.37. The number of nitrogens with zero attached hydrogens (tertiary/aromatic N) is 2. The van der Waals surface area contributed by atoms with Crippen LogP contribution in [0.3, 0.4) is 0 Å². The van der Waals surface area contributed by atoms with Crippen LogP contribution in [0.4, 0.5) is 0 Å². The molecule has 0 bridgehead atoms. The Morgan fingerprint density at radius 1 is 1.12 bits per heavy atom. The van der Waals surface area contributed by atoms with Crippen LogP contribution in [0, 0.1) is 0 Å². The molecule has 9 N–H and O–H groups in total. The smallest absolute Gasteiger partial charge is 0.336 e. The number of hydrogen-bond acceptors (Lipinski definition) is 9. The summed E-state index contributed by atoms with van der Waals surface area (Å²) in [5.41, 5.74) is 9.86. The molecule has 0 aromatic carbocycles. The first-order valence-corrected chi connectivity index (χ1v) is 13.6. The number of nitrogens with two attached hydrogens (primary N) is 2. The van der Waals surface area contributed by atoms with Crippen molar-refractivity contribution in [2.45, 2.75) is 83.6 Å². The van der Waals surface area contributed by atoms with Gasteiger partial charge in [0.2, 0.25) is 29.7 Å². The SMILES string of the molecule is C=CC[C@@H]1NC(=O)[C@@H]2CCCN2C(=O)[C@@H](C(=O)O)NC(=O)[C@H](CC)NC1=O.CCN=C(N)N.COC(=O)C(C)NC(C)=O. The van der Waals surface area contributed by atoms with Crippen LogP contribution in [0.2, 0.25) is 0 Å². The van der Waals surface area contributed by atoms with Gasteiger partial charge >= 0.3 is 11.9 Å². The molecule has 17 nitrogen and oxygen atoms in total. The van der Waals surface area contributed by atoms with Crippen LogP contribution in [-0.2, 0) is 38.3 Å². The molecular formula is C26H44N8O9. The van der Waals surface area contributed by atoms with Crippen molar-refractivity contribution < 1.29 is 43.4 Å². The second-order valence-electron chi connectivity index (χ2n) is 9.37. The molecule has 2 aliphatic rings. The van der Waals surface area contributed by atoms with Crippen molar-refractivity contribution in [3.63, 3.8) is 0 Å². The van der Waals surface area contributed by atoms with E-state index in [0.29, 0.717) is 19.4 Å². The van der Waals surface area contributed by atoms with E-state index in [1.165, 1.54) is 20.1 Å². The van der Waals surface area contributed by atoms with Gasteiger partial charge in [-0.05, 0) is 39.5 Å². The first-order chi connectivity index (χ1) is 20.1. The van der Waals surface area contributed by atoms with Crippen LogP contribution in [0.25, 0.3) is 0 Å². The van der Waals surface area contributed by atoms with E-state index in [-0.39, 0.29) is 31.3 Å². The van der Waals surface area contributed by atoms with Gasteiger partial charge in [-0.1, -0.05) is 13.0 Å². The molecule has 17 heteroatoms. The predicted molar refractivity (Wildman–Crippen MR) is 155 cm³/mol. The number of carbonyl (C=O) groups is 7. The highest BCUT2D eigenvalue weighted by Gasteiger charge is 2.42. The number of nitrogens with one attached hydrogen (secondary N) is 4. The Balaban J connectivity index is 0.000000906. The number of carboxylic acid groups (broad SMARTS) is 1. The van der Waals surface area contributed by atoms with Gasteiger partial charge in [0.05, 0.1) is 7.11 Å². The van der Waals surface area contributed by atoms with Crippen LogP contribution >= 0.6 is 0 Å². The van der Waals surface area contributed by atoms with Gasteiger partial charge in [-0.15, -0.1) is 6.58 Å². The molecule has 0 spiro atoms. The maximum atomic E-state index is 12.7. The molecule has 2 heterocycles. The Labute approximate surface area is 250 Å². The quantitative estimate of drug-likeness (QED) is 0.0518. The van der Waals surface area contributed by atoms with Gasteiger partial charge < -0.3 is 47.5 Å². The Kier molecular flexibility index (Phi) is 17.3. The fourth-order valence-corrected chi connectivity index (χ4v) is 3.96. The summed E-state index contributed by atoms with van der Waals surface area (Å²) in [4.78, 5) is 87.5. The van der Waals surface area contributed by atoms with Crippen molar-refractivity contribution in [2.75, 3.05) is 20.2 Å². The molecule has 43 heavy (non-hydrogen) atoms. The lowest BCUT2D eigenvalue weighted by atomic mass is 10.1. The topological polar surface area (TPSA) is 265 Å². The third kappa shape index (κ3) is 13.2. The summed E-state index contributed by atoms with van der Waals surface area (Å²) < 4.78 is 4.36. The van der Waals surface area contributed by atoms with Crippen molar-refractivity contribution >= 4 is 47.4 Å². The highest BCUT2D eigenvalue weighted by Crippen LogP contribution is 2.19. The van der Waals surface area contributed by atoms with Crippen LogP contribution in [-0.4, -0.2) is 108 Å². The fourth-order valence-electron chi connectivity index (χ4n) is 3.96. The summed E-state index contributed by atoms with van der Waals surface area (Å²) in [6, 6.07) is -5.24. The van der Waals surface area contributed by atoms with Gasteiger partial charge in [0, 0.05) is 20.0 Å². The van der Waals surface area contributed by atoms with Crippen LogP contribution in [0.5, 0.6) is 0 Å². The molecule has 2 saturated heterocycles. The van der Waals surface area contributed by atoms with Gasteiger partial charge in [0.25, 0.3) is 5.91 Å². The zero-order valence-electron chi connectivity index (χ0n) is 25.2. The summed E-state index contributed by atoms with van der Waals surface area (Å²) in [6.45, 7) is 10.8. The minimum Gasteiger partial charge on any atom is -0.479 e. The lowest BCUT2D eigenvalue weighted by Crippen LogP contribution is -2.62. The monoisotopic (exact) mass is 612 g/mol. The molecule has 5 atom stereocenters. The molecule has 5 amide bonds. The van der Waals surface area contributed by atoms with E-state index >= 15 is 0 Å². The van der Waals surface area contributed by atoms with Gasteiger partial charge in [0.1, 0.15) is 24.2 Å². The first kappa shape index (κ1) is 38.3. The number of carboxylic acids is 1. The minimum absolute atomic E-state index is 0.147. The van der Waals surface area contributed by atoms with Crippen LogP contribution in [0.1, 0.15) is 53.4 Å². The molecule has 2 fully saturated rings. The normalized spacial score (nSPS) is 22.4. The number of ether oxygens (including phenoxy) is 1. The van der Waals surface area contributed by atoms with Crippen molar-refractivity contribution in [1.82, 2.24) is 26.2 Å². The second kappa shape index (κ2) is 19.4. The van der Waals surface area contributed by atoms with Crippen molar-refractivity contribution in [3.05, 3.63) is 12.7 Å². The largest absolute Gasteiger partial charge is 0.479 e. The number of aliphatic imine (C=N–C) groups is 1. The van der Waals surface area contributed by atoms with E-state index in [1.807, 2.05) is 6.92 Å². The number of fused-ring (bicyclic) bond motifs is 1. The van der Waals surface area contributed by atoms with E-state index in [0.717, 1.165) is 4.90 Å². The standard InChI is InChI=1S/C17H24N4O6.C6H11NO3.C3H9N3/c1-3-6-10-14(23)18-9(4-2)13(22)20-12(17(26)27)16(25)21-8-5-7-11(21)15(24)19-10;1-4(6(9)10-3)7-5(2)8;1-2-6-3(4)5/h3,9-12H,1,4-8H2,2H3,(H,18,23)(H,19,24)(H,20,22)(H,26,27);4H,1-3H3,(H,7,8);2H2,1H3,(H4,4,5,6)/t9-,10-,11-,12-;;/m0../s1. The van der Waals surface area contributed by atoms with E-state index in [1.54, 1.807) is 13.8 Å². The van der Waals surface area contributed by atoms with Crippen molar-refractivity contribution in [2.24, 2.45) is 16.5 Å². The van der Waals surface area contributed by atoms with Crippen LogP contribution < -0.4 is 32.7 Å². The third-order valence-corrected chi connectivity index (χ3v) is 6.01. The predicted octanol–water partition coefficient (Wildman–Crippen LogP) is -2.52. The maximum absolute atomic E-state index is 12.7. The van der Waals surface area contributed by atoms with Crippen molar-refractivity contribution in [1.29, 1.82) is 0 Å². The molecule has 1 unspecified atom stereocenters.